The van der Waals surface area contributed by atoms with E-state index in [1.54, 1.807) is 12.1 Å². The lowest BCUT2D eigenvalue weighted by Crippen LogP contribution is -2.30. The van der Waals surface area contributed by atoms with Crippen LogP contribution in [-0.2, 0) is 6.54 Å². The van der Waals surface area contributed by atoms with Gasteiger partial charge in [0.05, 0.1) is 17.7 Å². The first-order chi connectivity index (χ1) is 9.10. The van der Waals surface area contributed by atoms with Crippen molar-refractivity contribution in [2.24, 2.45) is 5.84 Å². The highest BCUT2D eigenvalue weighted by atomic mass is 16.6. The smallest absolute Gasteiger partial charge is 0.287 e. The molecule has 0 aliphatic rings. The molecule has 1 heterocycles. The summed E-state index contributed by atoms with van der Waals surface area (Å²) in [6, 6.07) is 6.03. The largest absolute Gasteiger partial charge is 0.289 e. The van der Waals surface area contributed by atoms with Crippen molar-refractivity contribution in [2.75, 3.05) is 0 Å². The molecule has 1 aromatic carbocycles. The number of nitrogens with one attached hydrogen (secondary N) is 1. The predicted octanol–water partition coefficient (Wildman–Crippen LogP) is -0.162. The molecule has 19 heavy (non-hydrogen) atoms. The molecule has 2 rings (SSSR count). The van der Waals surface area contributed by atoms with Crippen molar-refractivity contribution in [1.82, 2.24) is 20.4 Å². The highest BCUT2D eigenvalue weighted by Gasteiger charge is 2.09. The van der Waals surface area contributed by atoms with E-state index in [1.165, 1.54) is 23.0 Å². The van der Waals surface area contributed by atoms with E-state index in [0.717, 1.165) is 5.56 Å². The number of nitro groups is 1. The first-order valence-electron chi connectivity index (χ1n) is 5.24. The fourth-order valence-electron chi connectivity index (χ4n) is 1.46. The summed E-state index contributed by atoms with van der Waals surface area (Å²) in [7, 11) is 0. The van der Waals surface area contributed by atoms with Crippen molar-refractivity contribution in [2.45, 2.75) is 6.54 Å². The molecule has 0 radical (unpaired) electrons. The molecule has 0 fully saturated rings. The van der Waals surface area contributed by atoms with Crippen LogP contribution in [0, 0.1) is 10.1 Å². The minimum absolute atomic E-state index is 0.0190. The molecule has 0 spiro atoms. The summed E-state index contributed by atoms with van der Waals surface area (Å²) in [5.74, 6) is 4.44. The summed E-state index contributed by atoms with van der Waals surface area (Å²) in [5, 5.41) is 17.9. The number of nitrogens with zero attached hydrogens (tertiary/aromatic N) is 4. The third kappa shape index (κ3) is 2.90. The number of benzene rings is 1. The number of carbonyl (C=O) groups is 1. The molecule has 2 aromatic rings. The Morgan fingerprint density at radius 3 is 2.68 bits per heavy atom. The second-order valence-electron chi connectivity index (χ2n) is 3.70. The Labute approximate surface area is 107 Å². The number of hydrogen-bond acceptors (Lipinski definition) is 6. The Hall–Kier alpha value is -2.81. The van der Waals surface area contributed by atoms with Crippen molar-refractivity contribution in [1.29, 1.82) is 0 Å². The van der Waals surface area contributed by atoms with Crippen LogP contribution in [-0.4, -0.2) is 25.8 Å². The topological polar surface area (TPSA) is 129 Å². The lowest BCUT2D eigenvalue weighted by Gasteiger charge is -2.00. The SMILES string of the molecule is NNC(=O)c1cn(Cc2ccc([N+](=O)[O-])cc2)nn1. The summed E-state index contributed by atoms with van der Waals surface area (Å²) >= 11 is 0. The Balaban J connectivity index is 2.10. The van der Waals surface area contributed by atoms with E-state index in [4.69, 9.17) is 5.84 Å². The van der Waals surface area contributed by atoms with Gasteiger partial charge in [-0.2, -0.15) is 0 Å². The number of amides is 1. The van der Waals surface area contributed by atoms with Gasteiger partial charge in [-0.25, -0.2) is 10.5 Å². The van der Waals surface area contributed by atoms with Crippen LogP contribution in [0.25, 0.3) is 0 Å². The molecular weight excluding hydrogens is 252 g/mol. The third-order valence-electron chi connectivity index (χ3n) is 2.39. The Kier molecular flexibility index (Phi) is 3.48. The number of rotatable bonds is 4. The molecule has 9 heteroatoms. The average Bonchev–Trinajstić information content (AvgIpc) is 2.87. The molecular formula is C10H10N6O3. The number of nitro benzene ring substituents is 1. The summed E-state index contributed by atoms with van der Waals surface area (Å²) < 4.78 is 1.44. The molecule has 0 aliphatic heterocycles. The zero-order valence-electron chi connectivity index (χ0n) is 9.68. The lowest BCUT2D eigenvalue weighted by atomic mass is 10.2. The van der Waals surface area contributed by atoms with Gasteiger partial charge >= 0.3 is 0 Å². The van der Waals surface area contributed by atoms with Gasteiger partial charge in [0, 0.05) is 12.1 Å². The number of hydrazine groups is 1. The van der Waals surface area contributed by atoms with E-state index in [0.29, 0.717) is 6.54 Å². The molecule has 9 nitrogen and oxygen atoms in total. The van der Waals surface area contributed by atoms with Gasteiger partial charge in [0.15, 0.2) is 5.69 Å². The zero-order chi connectivity index (χ0) is 13.8. The molecule has 3 N–H and O–H groups in total. The fourth-order valence-corrected chi connectivity index (χ4v) is 1.46. The van der Waals surface area contributed by atoms with Crippen LogP contribution in [0.1, 0.15) is 16.1 Å². The van der Waals surface area contributed by atoms with E-state index in [1.807, 2.05) is 5.43 Å². The van der Waals surface area contributed by atoms with Crippen LogP contribution in [0.15, 0.2) is 30.5 Å². The Morgan fingerprint density at radius 1 is 1.42 bits per heavy atom. The molecule has 0 saturated heterocycles. The summed E-state index contributed by atoms with van der Waals surface area (Å²) in [5.41, 5.74) is 2.87. The van der Waals surface area contributed by atoms with E-state index in [-0.39, 0.29) is 11.4 Å². The van der Waals surface area contributed by atoms with Crippen molar-refractivity contribution in [3.63, 3.8) is 0 Å². The second kappa shape index (κ2) is 5.23. The number of nitrogen functional groups attached to an aromatic ring is 1. The molecule has 0 unspecified atom stereocenters. The normalized spacial score (nSPS) is 10.2. The number of aromatic nitrogens is 3. The predicted molar refractivity (Wildman–Crippen MR) is 63.9 cm³/mol. The van der Waals surface area contributed by atoms with Crippen molar-refractivity contribution in [3.8, 4) is 0 Å². The van der Waals surface area contributed by atoms with Crippen LogP contribution in [0.4, 0.5) is 5.69 Å². The first-order valence-corrected chi connectivity index (χ1v) is 5.24. The third-order valence-corrected chi connectivity index (χ3v) is 2.39. The van der Waals surface area contributed by atoms with Gasteiger partial charge < -0.3 is 0 Å². The Morgan fingerprint density at radius 2 is 2.11 bits per heavy atom. The minimum atomic E-state index is -0.532. The second-order valence-corrected chi connectivity index (χ2v) is 3.70. The maximum Gasteiger partial charge on any atom is 0.287 e. The number of hydrogen-bond donors (Lipinski definition) is 2. The molecule has 0 saturated carbocycles. The molecule has 0 atom stereocenters. The maximum atomic E-state index is 11.2. The number of nitrogens with two attached hydrogens (primary N) is 1. The highest BCUT2D eigenvalue weighted by Crippen LogP contribution is 2.12. The Bertz CT molecular complexity index is 606. The molecule has 98 valence electrons. The van der Waals surface area contributed by atoms with Gasteiger partial charge in [0.1, 0.15) is 0 Å². The van der Waals surface area contributed by atoms with Crippen LogP contribution in [0.3, 0.4) is 0 Å². The van der Waals surface area contributed by atoms with E-state index in [9.17, 15) is 14.9 Å². The lowest BCUT2D eigenvalue weighted by molar-refractivity contribution is -0.384. The van der Waals surface area contributed by atoms with Gasteiger partial charge in [-0.05, 0) is 5.56 Å². The van der Waals surface area contributed by atoms with Gasteiger partial charge in [-0.15, -0.1) is 5.10 Å². The quantitative estimate of drug-likeness (QED) is 0.341. The van der Waals surface area contributed by atoms with Crippen molar-refractivity contribution in [3.05, 3.63) is 51.8 Å². The van der Waals surface area contributed by atoms with Gasteiger partial charge in [-0.1, -0.05) is 17.3 Å². The van der Waals surface area contributed by atoms with Crippen molar-refractivity contribution < 1.29 is 9.72 Å². The van der Waals surface area contributed by atoms with E-state index < -0.39 is 10.8 Å². The fraction of sp³-hybridized carbons (Fsp3) is 0.100. The maximum absolute atomic E-state index is 11.2. The van der Waals surface area contributed by atoms with E-state index in [2.05, 4.69) is 10.3 Å². The average molecular weight is 262 g/mol. The summed E-state index contributed by atoms with van der Waals surface area (Å²) in [6.07, 6.45) is 1.43. The van der Waals surface area contributed by atoms with Crippen LogP contribution in [0.5, 0.6) is 0 Å². The molecule has 1 amide bonds. The zero-order valence-corrected chi connectivity index (χ0v) is 9.68. The van der Waals surface area contributed by atoms with Gasteiger partial charge in [0.2, 0.25) is 0 Å². The summed E-state index contributed by atoms with van der Waals surface area (Å²) in [6.45, 7) is 0.350. The standard InChI is InChI=1S/C10H10N6O3/c11-12-10(17)9-6-15(14-13-9)5-7-1-3-8(4-2-7)16(18)19/h1-4,6H,5,11H2,(H,12,17). The van der Waals surface area contributed by atoms with Gasteiger partial charge in [-0.3, -0.25) is 20.3 Å². The van der Waals surface area contributed by atoms with E-state index >= 15 is 0 Å². The molecule has 1 aromatic heterocycles. The number of non-ortho nitro benzene ring substituents is 1. The number of carbonyl (C=O) groups excluding carboxylic acids is 1. The first kappa shape index (κ1) is 12.6. The highest BCUT2D eigenvalue weighted by molar-refractivity contribution is 5.91. The molecule has 0 aliphatic carbocycles. The summed E-state index contributed by atoms with van der Waals surface area (Å²) in [4.78, 5) is 21.2. The van der Waals surface area contributed by atoms with Crippen LogP contribution >= 0.6 is 0 Å². The van der Waals surface area contributed by atoms with Crippen LogP contribution < -0.4 is 11.3 Å². The van der Waals surface area contributed by atoms with Gasteiger partial charge in [0.25, 0.3) is 11.6 Å². The van der Waals surface area contributed by atoms with Crippen molar-refractivity contribution >= 4 is 11.6 Å². The minimum Gasteiger partial charge on any atom is -0.289 e. The molecule has 0 bridgehead atoms. The van der Waals surface area contributed by atoms with Crippen LogP contribution in [0.2, 0.25) is 0 Å². The monoisotopic (exact) mass is 262 g/mol.